The summed E-state index contributed by atoms with van der Waals surface area (Å²) in [5.41, 5.74) is 9.02. The molecule has 1 aliphatic carbocycles. The Hall–Kier alpha value is -2.41. The Morgan fingerprint density at radius 1 is 1.16 bits per heavy atom. The molecule has 2 aliphatic rings. The predicted molar refractivity (Wildman–Crippen MR) is 96.2 cm³/mol. The van der Waals surface area contributed by atoms with Crippen LogP contribution in [0.4, 0.5) is 5.82 Å². The fraction of sp³-hybridized carbons (Fsp3) is 0.500. The normalized spacial score (nSPS) is 25.8. The highest BCUT2D eigenvalue weighted by Gasteiger charge is 2.41. The maximum atomic E-state index is 6.03. The lowest BCUT2D eigenvalue weighted by atomic mass is 9.85. The number of aromatic nitrogens is 5. The molecule has 1 aliphatic heterocycles. The van der Waals surface area contributed by atoms with Crippen LogP contribution in [0.5, 0.6) is 0 Å². The molecule has 2 N–H and O–H groups in total. The first-order valence-corrected chi connectivity index (χ1v) is 9.01. The molecule has 3 aromatic rings. The van der Waals surface area contributed by atoms with Gasteiger partial charge in [-0.2, -0.15) is 10.2 Å². The highest BCUT2D eigenvalue weighted by atomic mass is 15.3. The first-order chi connectivity index (χ1) is 12.2. The van der Waals surface area contributed by atoms with Crippen molar-refractivity contribution in [3.05, 3.63) is 30.9 Å². The van der Waals surface area contributed by atoms with Gasteiger partial charge in [-0.05, 0) is 43.2 Å². The second-order valence-corrected chi connectivity index (χ2v) is 7.42. The van der Waals surface area contributed by atoms with E-state index in [1.807, 2.05) is 42.4 Å². The second kappa shape index (κ2) is 5.56. The lowest BCUT2D eigenvalue weighted by Crippen LogP contribution is -2.45. The van der Waals surface area contributed by atoms with Crippen LogP contribution in [0.2, 0.25) is 0 Å². The van der Waals surface area contributed by atoms with Gasteiger partial charge in [-0.15, -0.1) is 0 Å². The quantitative estimate of drug-likeness (QED) is 0.785. The topological polar surface area (TPSA) is 77.3 Å². The third-order valence-corrected chi connectivity index (χ3v) is 5.97. The summed E-state index contributed by atoms with van der Waals surface area (Å²) in [7, 11) is 1.92. The molecule has 7 nitrogen and oxygen atoms in total. The molecule has 0 aromatic carbocycles. The van der Waals surface area contributed by atoms with E-state index in [1.165, 1.54) is 12.8 Å². The zero-order valence-electron chi connectivity index (χ0n) is 14.4. The smallest absolute Gasteiger partial charge is 0.155 e. The van der Waals surface area contributed by atoms with Crippen molar-refractivity contribution in [2.75, 3.05) is 24.5 Å². The average molecular weight is 337 g/mol. The van der Waals surface area contributed by atoms with E-state index in [9.17, 15) is 0 Å². The van der Waals surface area contributed by atoms with Crippen molar-refractivity contribution in [3.63, 3.8) is 0 Å². The Morgan fingerprint density at radius 3 is 2.64 bits per heavy atom. The number of anilines is 1. The molecular formula is C18H23N7. The molecule has 7 heteroatoms. The second-order valence-electron chi connectivity index (χ2n) is 7.42. The van der Waals surface area contributed by atoms with Gasteiger partial charge in [-0.3, -0.25) is 4.68 Å². The third-order valence-electron chi connectivity index (χ3n) is 5.97. The maximum absolute atomic E-state index is 6.03. The first kappa shape index (κ1) is 14.9. The van der Waals surface area contributed by atoms with Crippen molar-refractivity contribution in [3.8, 4) is 11.3 Å². The number of rotatable bonds is 3. The van der Waals surface area contributed by atoms with Crippen molar-refractivity contribution in [2.24, 2.45) is 30.5 Å². The van der Waals surface area contributed by atoms with Crippen molar-refractivity contribution < 1.29 is 0 Å². The molecule has 1 saturated heterocycles. The predicted octanol–water partition coefficient (Wildman–Crippen LogP) is 1.55. The molecule has 2 bridgehead atoms. The van der Waals surface area contributed by atoms with Crippen molar-refractivity contribution in [1.29, 1.82) is 0 Å². The Balaban J connectivity index is 1.58. The van der Waals surface area contributed by atoms with Crippen molar-refractivity contribution in [1.82, 2.24) is 24.4 Å². The standard InChI is InChI=1S/C18H23N7/c1-23-8-14(7-21-23)16-11-25-17(4-5-20-25)18(22-16)24-9-12-2-3-13(10-24)15(12)6-19/h4-5,7-8,11-13,15H,2-3,6,9-10,19H2,1H3/t12-,13+,15?. The summed E-state index contributed by atoms with van der Waals surface area (Å²) in [5.74, 6) is 3.09. The summed E-state index contributed by atoms with van der Waals surface area (Å²) in [5, 5.41) is 8.73. The number of hydrogen-bond acceptors (Lipinski definition) is 5. The van der Waals surface area contributed by atoms with Gasteiger partial charge < -0.3 is 10.6 Å². The molecule has 3 aromatic heterocycles. The lowest BCUT2D eigenvalue weighted by molar-refractivity contribution is 0.278. The highest BCUT2D eigenvalue weighted by molar-refractivity contribution is 5.72. The molecule has 4 heterocycles. The summed E-state index contributed by atoms with van der Waals surface area (Å²) >= 11 is 0. The molecule has 2 fully saturated rings. The monoisotopic (exact) mass is 337 g/mol. The van der Waals surface area contributed by atoms with E-state index in [0.717, 1.165) is 42.2 Å². The molecule has 130 valence electrons. The molecule has 1 saturated carbocycles. The fourth-order valence-corrected chi connectivity index (χ4v) is 4.73. The van der Waals surface area contributed by atoms with Gasteiger partial charge in [0.05, 0.1) is 24.3 Å². The molecule has 3 atom stereocenters. The Morgan fingerprint density at radius 2 is 1.96 bits per heavy atom. The van der Waals surface area contributed by atoms with Gasteiger partial charge in [-0.1, -0.05) is 0 Å². The van der Waals surface area contributed by atoms with E-state index in [4.69, 9.17) is 10.7 Å². The molecule has 1 unspecified atom stereocenters. The lowest BCUT2D eigenvalue weighted by Gasteiger charge is -2.38. The fourth-order valence-electron chi connectivity index (χ4n) is 4.73. The summed E-state index contributed by atoms with van der Waals surface area (Å²) < 4.78 is 3.73. The molecular weight excluding hydrogens is 314 g/mol. The van der Waals surface area contributed by atoms with E-state index in [2.05, 4.69) is 15.1 Å². The van der Waals surface area contributed by atoms with Crippen LogP contribution in [0.1, 0.15) is 12.8 Å². The van der Waals surface area contributed by atoms with Crippen LogP contribution in [-0.2, 0) is 7.05 Å². The summed E-state index contributed by atoms with van der Waals surface area (Å²) in [6.45, 7) is 2.90. The van der Waals surface area contributed by atoms with Crippen LogP contribution in [0.3, 0.4) is 0 Å². The van der Waals surface area contributed by atoms with E-state index < -0.39 is 0 Å². The number of hydrogen-bond donors (Lipinski definition) is 1. The Bertz CT molecular complexity index is 897. The minimum atomic E-state index is 0.679. The average Bonchev–Trinajstić information content (AvgIpc) is 3.31. The minimum absolute atomic E-state index is 0.679. The van der Waals surface area contributed by atoms with Crippen molar-refractivity contribution in [2.45, 2.75) is 12.8 Å². The molecule has 5 rings (SSSR count). The number of nitrogens with zero attached hydrogens (tertiary/aromatic N) is 6. The number of aryl methyl sites for hydroxylation is 1. The Labute approximate surface area is 146 Å². The van der Waals surface area contributed by atoms with Crippen LogP contribution in [0.15, 0.2) is 30.9 Å². The summed E-state index contributed by atoms with van der Waals surface area (Å²) in [6.07, 6.45) is 10.3. The van der Waals surface area contributed by atoms with Crippen LogP contribution in [0.25, 0.3) is 16.8 Å². The van der Waals surface area contributed by atoms with Gasteiger partial charge in [0, 0.05) is 31.9 Å². The first-order valence-electron chi connectivity index (χ1n) is 9.01. The van der Waals surface area contributed by atoms with E-state index in [0.29, 0.717) is 17.8 Å². The van der Waals surface area contributed by atoms with Gasteiger partial charge in [-0.25, -0.2) is 9.50 Å². The van der Waals surface area contributed by atoms with Crippen LogP contribution in [-0.4, -0.2) is 44.0 Å². The maximum Gasteiger partial charge on any atom is 0.155 e. The van der Waals surface area contributed by atoms with Gasteiger partial charge >= 0.3 is 0 Å². The third kappa shape index (κ3) is 2.33. The molecule has 0 spiro atoms. The molecule has 0 radical (unpaired) electrons. The molecule has 25 heavy (non-hydrogen) atoms. The minimum Gasteiger partial charge on any atom is -0.354 e. The van der Waals surface area contributed by atoms with Crippen LogP contribution < -0.4 is 10.6 Å². The molecule has 0 amide bonds. The zero-order chi connectivity index (χ0) is 17.0. The van der Waals surface area contributed by atoms with Gasteiger partial charge in [0.15, 0.2) is 5.82 Å². The number of piperidine rings is 1. The zero-order valence-corrected chi connectivity index (χ0v) is 14.4. The summed E-state index contributed by atoms with van der Waals surface area (Å²) in [4.78, 5) is 7.46. The number of nitrogens with two attached hydrogens (primary N) is 1. The Kier molecular flexibility index (Phi) is 3.31. The van der Waals surface area contributed by atoms with Gasteiger partial charge in [0.25, 0.3) is 0 Å². The van der Waals surface area contributed by atoms with Crippen LogP contribution in [0, 0.1) is 17.8 Å². The van der Waals surface area contributed by atoms with E-state index in [-0.39, 0.29) is 0 Å². The van der Waals surface area contributed by atoms with Gasteiger partial charge in [0.2, 0.25) is 0 Å². The van der Waals surface area contributed by atoms with Gasteiger partial charge in [0.1, 0.15) is 5.52 Å². The number of fused-ring (bicyclic) bond motifs is 3. The largest absolute Gasteiger partial charge is 0.354 e. The van der Waals surface area contributed by atoms with E-state index >= 15 is 0 Å². The SMILES string of the molecule is Cn1cc(-c2cn3nccc3c(N3C[C@H]4CC[C@@H](C3)C4CN)n2)cn1. The van der Waals surface area contributed by atoms with Crippen molar-refractivity contribution >= 4 is 11.3 Å². The van der Waals surface area contributed by atoms with Crippen LogP contribution >= 0.6 is 0 Å². The van der Waals surface area contributed by atoms with E-state index in [1.54, 1.807) is 4.68 Å². The summed E-state index contributed by atoms with van der Waals surface area (Å²) in [6, 6.07) is 2.05. The highest BCUT2D eigenvalue weighted by Crippen LogP contribution is 2.43.